The molecule has 0 saturated carbocycles. The zero-order chi connectivity index (χ0) is 13.1. The minimum absolute atomic E-state index is 0.181. The standard InChI is InChI=1S/C13H27NO3/c1-4-5-6-7-9-17-10-8-12(13(15)16)14-11(2)3/h11-12,14H,4-10H2,1-3H3,(H,15,16). The summed E-state index contributed by atoms with van der Waals surface area (Å²) in [6.07, 6.45) is 5.27. The summed E-state index contributed by atoms with van der Waals surface area (Å²) in [5.41, 5.74) is 0. The minimum Gasteiger partial charge on any atom is -0.480 e. The van der Waals surface area contributed by atoms with Crippen LogP contribution < -0.4 is 5.32 Å². The number of ether oxygens (including phenoxy) is 1. The lowest BCUT2D eigenvalue weighted by Crippen LogP contribution is -2.41. The summed E-state index contributed by atoms with van der Waals surface area (Å²) in [5.74, 6) is -0.798. The highest BCUT2D eigenvalue weighted by Crippen LogP contribution is 2.00. The lowest BCUT2D eigenvalue weighted by molar-refractivity contribution is -0.140. The van der Waals surface area contributed by atoms with Crippen LogP contribution in [0.1, 0.15) is 52.9 Å². The number of unbranched alkanes of at least 4 members (excludes halogenated alkanes) is 3. The molecule has 2 N–H and O–H groups in total. The molecule has 0 aliphatic rings. The van der Waals surface area contributed by atoms with Gasteiger partial charge in [-0.2, -0.15) is 0 Å². The van der Waals surface area contributed by atoms with E-state index in [0.717, 1.165) is 13.0 Å². The zero-order valence-corrected chi connectivity index (χ0v) is 11.4. The number of hydrogen-bond donors (Lipinski definition) is 2. The van der Waals surface area contributed by atoms with E-state index in [1.54, 1.807) is 0 Å². The summed E-state index contributed by atoms with van der Waals surface area (Å²) in [6, 6.07) is -0.314. The van der Waals surface area contributed by atoms with E-state index in [1.807, 2.05) is 13.8 Å². The monoisotopic (exact) mass is 245 g/mol. The van der Waals surface area contributed by atoms with Gasteiger partial charge in [-0.15, -0.1) is 0 Å². The quantitative estimate of drug-likeness (QED) is 0.549. The van der Waals surface area contributed by atoms with Gasteiger partial charge < -0.3 is 15.2 Å². The Hall–Kier alpha value is -0.610. The van der Waals surface area contributed by atoms with Gasteiger partial charge in [-0.25, -0.2) is 0 Å². The van der Waals surface area contributed by atoms with Crippen LogP contribution in [0.3, 0.4) is 0 Å². The van der Waals surface area contributed by atoms with Crippen molar-refractivity contribution in [2.24, 2.45) is 0 Å². The van der Waals surface area contributed by atoms with Crippen LogP contribution in [0.2, 0.25) is 0 Å². The van der Waals surface area contributed by atoms with Crippen molar-refractivity contribution in [3.63, 3.8) is 0 Å². The Morgan fingerprint density at radius 2 is 1.94 bits per heavy atom. The number of hydrogen-bond acceptors (Lipinski definition) is 3. The van der Waals surface area contributed by atoms with Crippen LogP contribution in [0.15, 0.2) is 0 Å². The van der Waals surface area contributed by atoms with E-state index >= 15 is 0 Å². The molecule has 4 nitrogen and oxygen atoms in total. The van der Waals surface area contributed by atoms with Crippen molar-refractivity contribution < 1.29 is 14.6 Å². The first-order chi connectivity index (χ1) is 8.07. The third kappa shape index (κ3) is 10.3. The van der Waals surface area contributed by atoms with Gasteiger partial charge in [-0.1, -0.05) is 40.0 Å². The van der Waals surface area contributed by atoms with Crippen molar-refractivity contribution in [2.45, 2.75) is 65.0 Å². The molecule has 17 heavy (non-hydrogen) atoms. The summed E-state index contributed by atoms with van der Waals surface area (Å²) in [5, 5.41) is 12.0. The molecule has 0 heterocycles. The van der Waals surface area contributed by atoms with E-state index in [-0.39, 0.29) is 6.04 Å². The number of nitrogens with one attached hydrogen (secondary N) is 1. The third-order valence-corrected chi connectivity index (χ3v) is 2.53. The van der Waals surface area contributed by atoms with Crippen LogP contribution in [0, 0.1) is 0 Å². The van der Waals surface area contributed by atoms with Crippen LogP contribution in [0.25, 0.3) is 0 Å². The molecule has 0 aromatic carbocycles. The normalized spacial score (nSPS) is 12.9. The molecule has 0 amide bonds. The average Bonchev–Trinajstić information content (AvgIpc) is 2.25. The van der Waals surface area contributed by atoms with Gasteiger partial charge in [0.25, 0.3) is 0 Å². The molecule has 0 aliphatic carbocycles. The number of carbonyl (C=O) groups is 1. The Bertz CT molecular complexity index is 195. The van der Waals surface area contributed by atoms with Crippen molar-refractivity contribution in [2.75, 3.05) is 13.2 Å². The second-order valence-electron chi connectivity index (χ2n) is 4.67. The molecule has 102 valence electrons. The van der Waals surface area contributed by atoms with E-state index in [1.165, 1.54) is 19.3 Å². The molecule has 0 saturated heterocycles. The van der Waals surface area contributed by atoms with Gasteiger partial charge >= 0.3 is 5.97 Å². The molecule has 0 fully saturated rings. The number of rotatable bonds is 11. The van der Waals surface area contributed by atoms with Crippen LogP contribution in [0.5, 0.6) is 0 Å². The summed E-state index contributed by atoms with van der Waals surface area (Å²) >= 11 is 0. The summed E-state index contributed by atoms with van der Waals surface area (Å²) < 4.78 is 5.44. The van der Waals surface area contributed by atoms with E-state index < -0.39 is 12.0 Å². The Morgan fingerprint density at radius 1 is 1.24 bits per heavy atom. The van der Waals surface area contributed by atoms with Gasteiger partial charge in [0.15, 0.2) is 0 Å². The van der Waals surface area contributed by atoms with Gasteiger partial charge in [0.1, 0.15) is 6.04 Å². The van der Waals surface area contributed by atoms with Gasteiger partial charge in [-0.3, -0.25) is 4.79 Å². The number of carboxylic acids is 1. The highest BCUT2D eigenvalue weighted by molar-refractivity contribution is 5.73. The van der Waals surface area contributed by atoms with E-state index in [0.29, 0.717) is 13.0 Å². The fourth-order valence-electron chi connectivity index (χ4n) is 1.61. The predicted octanol–water partition coefficient (Wildman–Crippen LogP) is 2.42. The highest BCUT2D eigenvalue weighted by atomic mass is 16.5. The first kappa shape index (κ1) is 16.4. The molecule has 0 aromatic rings. The summed E-state index contributed by atoms with van der Waals surface area (Å²) in [6.45, 7) is 7.33. The SMILES string of the molecule is CCCCCCOCCC(NC(C)C)C(=O)O. The summed E-state index contributed by atoms with van der Waals surface area (Å²) in [4.78, 5) is 10.9. The van der Waals surface area contributed by atoms with Gasteiger partial charge in [0, 0.05) is 19.3 Å². The molecule has 1 atom stereocenters. The lowest BCUT2D eigenvalue weighted by Gasteiger charge is -2.17. The molecule has 1 unspecified atom stereocenters. The van der Waals surface area contributed by atoms with E-state index in [2.05, 4.69) is 12.2 Å². The first-order valence-electron chi connectivity index (χ1n) is 6.64. The zero-order valence-electron chi connectivity index (χ0n) is 11.4. The van der Waals surface area contributed by atoms with Crippen LogP contribution >= 0.6 is 0 Å². The predicted molar refractivity (Wildman–Crippen MR) is 69.3 cm³/mol. The first-order valence-corrected chi connectivity index (χ1v) is 6.64. The summed E-state index contributed by atoms with van der Waals surface area (Å²) in [7, 11) is 0. The van der Waals surface area contributed by atoms with Crippen molar-refractivity contribution in [1.29, 1.82) is 0 Å². The fourth-order valence-corrected chi connectivity index (χ4v) is 1.61. The van der Waals surface area contributed by atoms with Gasteiger partial charge in [0.2, 0.25) is 0 Å². The number of carboxylic acid groups (broad SMARTS) is 1. The maximum absolute atomic E-state index is 10.9. The molecule has 0 rings (SSSR count). The van der Waals surface area contributed by atoms with Crippen LogP contribution in [-0.2, 0) is 9.53 Å². The van der Waals surface area contributed by atoms with Gasteiger partial charge in [-0.05, 0) is 12.8 Å². The van der Waals surface area contributed by atoms with Gasteiger partial charge in [0.05, 0.1) is 0 Å². The van der Waals surface area contributed by atoms with Crippen molar-refractivity contribution in [3.05, 3.63) is 0 Å². The molecule has 0 aliphatic heterocycles. The molecule has 0 aromatic heterocycles. The van der Waals surface area contributed by atoms with Crippen molar-refractivity contribution in [3.8, 4) is 0 Å². The van der Waals surface area contributed by atoms with Crippen LogP contribution in [0.4, 0.5) is 0 Å². The smallest absolute Gasteiger partial charge is 0.320 e. The van der Waals surface area contributed by atoms with Crippen molar-refractivity contribution >= 4 is 5.97 Å². The highest BCUT2D eigenvalue weighted by Gasteiger charge is 2.17. The molecule has 4 heteroatoms. The number of aliphatic carboxylic acids is 1. The maximum Gasteiger partial charge on any atom is 0.320 e. The molecule has 0 bridgehead atoms. The lowest BCUT2D eigenvalue weighted by atomic mass is 10.2. The van der Waals surface area contributed by atoms with E-state index in [9.17, 15) is 4.79 Å². The van der Waals surface area contributed by atoms with Crippen LogP contribution in [-0.4, -0.2) is 36.4 Å². The third-order valence-electron chi connectivity index (χ3n) is 2.53. The second-order valence-corrected chi connectivity index (χ2v) is 4.67. The minimum atomic E-state index is -0.798. The average molecular weight is 245 g/mol. The Labute approximate surface area is 105 Å². The topological polar surface area (TPSA) is 58.6 Å². The Morgan fingerprint density at radius 3 is 2.47 bits per heavy atom. The molecule has 0 spiro atoms. The molecular weight excluding hydrogens is 218 g/mol. The van der Waals surface area contributed by atoms with E-state index in [4.69, 9.17) is 9.84 Å². The Kier molecular flexibility index (Phi) is 10.2. The fraction of sp³-hybridized carbons (Fsp3) is 0.923. The molecular formula is C13H27NO3. The van der Waals surface area contributed by atoms with Crippen molar-refractivity contribution in [1.82, 2.24) is 5.32 Å². The largest absolute Gasteiger partial charge is 0.480 e. The second kappa shape index (κ2) is 10.5. The molecule has 0 radical (unpaired) electrons. The maximum atomic E-state index is 10.9. The Balaban J connectivity index is 3.51.